The maximum atomic E-state index is 5.86. The average molecular weight is 300 g/mol. The number of ether oxygens (including phenoxy) is 1. The van der Waals surface area contributed by atoms with Gasteiger partial charge in [-0.25, -0.2) is 0 Å². The topological polar surface area (TPSA) is 35.2 Å². The molecule has 0 saturated heterocycles. The fourth-order valence-electron chi connectivity index (χ4n) is 1.77. The van der Waals surface area contributed by atoms with Crippen molar-refractivity contribution >= 4 is 15.9 Å². The predicted molar refractivity (Wildman–Crippen MR) is 76.8 cm³/mol. The van der Waals surface area contributed by atoms with Crippen molar-refractivity contribution in [2.24, 2.45) is 5.73 Å². The second-order valence-corrected chi connectivity index (χ2v) is 5.70. The Morgan fingerprint density at radius 1 is 1.24 bits per heavy atom. The lowest BCUT2D eigenvalue weighted by molar-refractivity contribution is 0.239. The molecule has 0 fully saturated rings. The molecule has 0 aromatic heterocycles. The fraction of sp³-hybridized carbons (Fsp3) is 0.571. The molecule has 1 aromatic rings. The molecular weight excluding hydrogens is 278 g/mol. The lowest BCUT2D eigenvalue weighted by Crippen LogP contribution is -2.10. The molecule has 0 unspecified atom stereocenters. The molecule has 0 aliphatic rings. The molecule has 1 rings (SSSR count). The number of hydrogen-bond donors (Lipinski definition) is 1. The average Bonchev–Trinajstić information content (AvgIpc) is 2.20. The summed E-state index contributed by atoms with van der Waals surface area (Å²) in [6.07, 6.45) is 1.09. The van der Waals surface area contributed by atoms with Gasteiger partial charge in [0.1, 0.15) is 5.75 Å². The highest BCUT2D eigenvalue weighted by Gasteiger charge is 2.13. The van der Waals surface area contributed by atoms with E-state index < -0.39 is 0 Å². The van der Waals surface area contributed by atoms with Crippen molar-refractivity contribution in [1.82, 2.24) is 0 Å². The molecule has 0 atom stereocenters. The van der Waals surface area contributed by atoms with Crippen molar-refractivity contribution in [3.8, 4) is 5.75 Å². The first-order valence-electron chi connectivity index (χ1n) is 6.14. The Labute approximate surface area is 113 Å². The van der Waals surface area contributed by atoms with E-state index in [-0.39, 0.29) is 6.10 Å². The van der Waals surface area contributed by atoms with E-state index in [0.29, 0.717) is 12.5 Å². The monoisotopic (exact) mass is 299 g/mol. The minimum atomic E-state index is 0.194. The van der Waals surface area contributed by atoms with E-state index in [9.17, 15) is 0 Å². The first-order chi connectivity index (χ1) is 7.95. The molecule has 0 aliphatic carbocycles. The molecule has 17 heavy (non-hydrogen) atoms. The number of hydrogen-bond acceptors (Lipinski definition) is 2. The third-order valence-electron chi connectivity index (χ3n) is 2.58. The minimum Gasteiger partial charge on any atom is -0.491 e. The van der Waals surface area contributed by atoms with E-state index in [0.717, 1.165) is 16.6 Å². The smallest absolute Gasteiger partial charge is 0.124 e. The normalized spacial score (nSPS) is 11.3. The van der Waals surface area contributed by atoms with Crippen LogP contribution in [0.5, 0.6) is 5.75 Å². The second kappa shape index (κ2) is 6.41. The van der Waals surface area contributed by atoms with Gasteiger partial charge in [-0.2, -0.15) is 0 Å². The molecule has 0 heterocycles. The van der Waals surface area contributed by atoms with Crippen LogP contribution in [-0.4, -0.2) is 12.6 Å². The molecule has 96 valence electrons. The van der Waals surface area contributed by atoms with Gasteiger partial charge in [-0.15, -0.1) is 0 Å². The quantitative estimate of drug-likeness (QED) is 0.896. The summed E-state index contributed by atoms with van der Waals surface area (Å²) < 4.78 is 6.95. The third kappa shape index (κ3) is 4.00. The highest BCUT2D eigenvalue weighted by atomic mass is 79.9. The summed E-state index contributed by atoms with van der Waals surface area (Å²) in [5.41, 5.74) is 8.13. The fourth-order valence-corrected chi connectivity index (χ4v) is 2.29. The highest BCUT2D eigenvalue weighted by Crippen LogP contribution is 2.33. The molecule has 2 nitrogen and oxygen atoms in total. The molecule has 3 heteroatoms. The van der Waals surface area contributed by atoms with Gasteiger partial charge in [0.05, 0.1) is 6.10 Å². The Bertz CT molecular complexity index is 375. The van der Waals surface area contributed by atoms with Crippen molar-refractivity contribution in [1.29, 1.82) is 0 Å². The van der Waals surface area contributed by atoms with Crippen LogP contribution in [0.4, 0.5) is 0 Å². The number of rotatable bonds is 5. The Kier molecular flexibility index (Phi) is 5.47. The van der Waals surface area contributed by atoms with Gasteiger partial charge in [-0.1, -0.05) is 35.8 Å². The predicted octanol–water partition coefficient (Wildman–Crippen LogP) is 3.86. The number of nitrogens with two attached hydrogens (primary N) is 1. The van der Waals surface area contributed by atoms with Crippen LogP contribution in [0.3, 0.4) is 0 Å². The molecular formula is C14H22BrNO. The number of halogens is 1. The van der Waals surface area contributed by atoms with Gasteiger partial charge in [0.15, 0.2) is 0 Å². The molecule has 0 radical (unpaired) electrons. The van der Waals surface area contributed by atoms with E-state index in [1.54, 1.807) is 0 Å². The lowest BCUT2D eigenvalue weighted by Gasteiger charge is -2.19. The van der Waals surface area contributed by atoms with Gasteiger partial charge >= 0.3 is 0 Å². The first-order valence-corrected chi connectivity index (χ1v) is 6.94. The Balaban J connectivity index is 3.15. The van der Waals surface area contributed by atoms with Gasteiger partial charge in [-0.05, 0) is 49.9 Å². The van der Waals surface area contributed by atoms with Crippen LogP contribution in [0.2, 0.25) is 0 Å². The van der Waals surface area contributed by atoms with Gasteiger partial charge in [-0.3, -0.25) is 0 Å². The number of benzene rings is 1. The Morgan fingerprint density at radius 2 is 1.88 bits per heavy atom. The van der Waals surface area contributed by atoms with Gasteiger partial charge < -0.3 is 10.5 Å². The third-order valence-corrected chi connectivity index (χ3v) is 3.32. The summed E-state index contributed by atoms with van der Waals surface area (Å²) in [7, 11) is 0. The van der Waals surface area contributed by atoms with Crippen LogP contribution in [0.25, 0.3) is 0 Å². The van der Waals surface area contributed by atoms with Gasteiger partial charge in [0.2, 0.25) is 0 Å². The lowest BCUT2D eigenvalue weighted by atomic mass is 9.98. The van der Waals surface area contributed by atoms with E-state index >= 15 is 0 Å². The second-order valence-electron chi connectivity index (χ2n) is 4.84. The molecule has 0 amide bonds. The van der Waals surface area contributed by atoms with Gasteiger partial charge in [0.25, 0.3) is 0 Å². The molecule has 0 bridgehead atoms. The zero-order valence-corrected chi connectivity index (χ0v) is 12.7. The summed E-state index contributed by atoms with van der Waals surface area (Å²) in [5.74, 6) is 1.43. The largest absolute Gasteiger partial charge is 0.491 e. The molecule has 1 aromatic carbocycles. The summed E-state index contributed by atoms with van der Waals surface area (Å²) >= 11 is 3.59. The standard InChI is InChI=1S/C14H22BrNO/c1-9(2)12-7-11(5-6-16)13(15)8-14(12)17-10(3)4/h7-10H,5-6,16H2,1-4H3. The maximum absolute atomic E-state index is 5.86. The maximum Gasteiger partial charge on any atom is 0.124 e. The molecule has 0 aliphatic heterocycles. The van der Waals surface area contributed by atoms with Crippen molar-refractivity contribution in [2.45, 2.75) is 46.1 Å². The van der Waals surface area contributed by atoms with Gasteiger partial charge in [0, 0.05) is 4.47 Å². The van der Waals surface area contributed by atoms with Crippen molar-refractivity contribution in [3.63, 3.8) is 0 Å². The minimum absolute atomic E-state index is 0.194. The highest BCUT2D eigenvalue weighted by molar-refractivity contribution is 9.10. The van der Waals surface area contributed by atoms with E-state index in [1.165, 1.54) is 11.1 Å². The molecule has 0 spiro atoms. The van der Waals surface area contributed by atoms with Crippen LogP contribution < -0.4 is 10.5 Å². The van der Waals surface area contributed by atoms with Crippen LogP contribution in [-0.2, 0) is 6.42 Å². The zero-order valence-electron chi connectivity index (χ0n) is 11.1. The Morgan fingerprint density at radius 3 is 2.35 bits per heavy atom. The first kappa shape index (κ1) is 14.5. The van der Waals surface area contributed by atoms with Crippen LogP contribution in [0.15, 0.2) is 16.6 Å². The summed E-state index contributed by atoms with van der Waals surface area (Å²) in [4.78, 5) is 0. The van der Waals surface area contributed by atoms with E-state index in [4.69, 9.17) is 10.5 Å². The van der Waals surface area contributed by atoms with Crippen LogP contribution in [0, 0.1) is 0 Å². The van der Waals surface area contributed by atoms with Crippen LogP contribution >= 0.6 is 15.9 Å². The molecule has 2 N–H and O–H groups in total. The van der Waals surface area contributed by atoms with Crippen molar-refractivity contribution < 1.29 is 4.74 Å². The van der Waals surface area contributed by atoms with Crippen molar-refractivity contribution in [3.05, 3.63) is 27.7 Å². The summed E-state index contributed by atoms with van der Waals surface area (Å²) in [5, 5.41) is 0. The summed E-state index contributed by atoms with van der Waals surface area (Å²) in [6, 6.07) is 4.28. The van der Waals surface area contributed by atoms with Crippen molar-refractivity contribution in [2.75, 3.05) is 6.54 Å². The zero-order chi connectivity index (χ0) is 13.0. The van der Waals surface area contributed by atoms with E-state index in [1.807, 2.05) is 13.8 Å². The molecule has 0 saturated carbocycles. The SMILES string of the molecule is CC(C)Oc1cc(Br)c(CCN)cc1C(C)C. The summed E-state index contributed by atoms with van der Waals surface area (Å²) in [6.45, 7) is 9.13. The Hall–Kier alpha value is -0.540. The van der Waals surface area contributed by atoms with E-state index in [2.05, 4.69) is 41.9 Å². The van der Waals surface area contributed by atoms with Crippen LogP contribution in [0.1, 0.15) is 44.7 Å².